The van der Waals surface area contributed by atoms with Gasteiger partial charge in [-0.3, -0.25) is 9.59 Å². The lowest BCUT2D eigenvalue weighted by molar-refractivity contribution is -0.879. The number of carbonyl (C=O) groups excluding carboxylic acids is 3. The van der Waals surface area contributed by atoms with Crippen LogP contribution >= 0.6 is 11.6 Å². The van der Waals surface area contributed by atoms with Gasteiger partial charge in [-0.25, -0.2) is 14.2 Å². The molecule has 1 saturated carbocycles. The monoisotopic (exact) mass is 658 g/mol. The number of hydrogen-bond donors (Lipinski definition) is 4. The zero-order valence-electron chi connectivity index (χ0n) is 25.7. The van der Waals surface area contributed by atoms with Crippen LogP contribution in [0.4, 0.5) is 19.3 Å². The lowest BCUT2D eigenvalue weighted by Crippen LogP contribution is -2.50. The maximum atomic E-state index is 14.6. The highest BCUT2D eigenvalue weighted by atomic mass is 35.5. The first-order valence-electron chi connectivity index (χ1n) is 14.8. The lowest BCUT2D eigenvalue weighted by atomic mass is 10.1. The predicted octanol–water partition coefficient (Wildman–Crippen LogP) is 2.47. The molecule has 3 aliphatic rings. The van der Waals surface area contributed by atoms with E-state index in [1.165, 1.54) is 55.3 Å². The van der Waals surface area contributed by atoms with Gasteiger partial charge in [0.15, 0.2) is 17.4 Å². The average molecular weight is 659 g/mol. The van der Waals surface area contributed by atoms with Crippen molar-refractivity contribution in [1.82, 2.24) is 25.1 Å². The summed E-state index contributed by atoms with van der Waals surface area (Å²) >= 11 is 6.42. The molecule has 4 N–H and O–H groups in total. The number of methoxy groups -OCH3 is 1. The Morgan fingerprint density at radius 1 is 1.04 bits per heavy atom. The van der Waals surface area contributed by atoms with E-state index in [1.54, 1.807) is 4.90 Å². The van der Waals surface area contributed by atoms with Gasteiger partial charge in [0.1, 0.15) is 25.2 Å². The number of aliphatic hydroxyl groups is 1. The van der Waals surface area contributed by atoms with Gasteiger partial charge in [-0.2, -0.15) is 4.39 Å². The normalized spacial score (nSPS) is 24.3. The molecule has 46 heavy (non-hydrogen) atoms. The van der Waals surface area contributed by atoms with E-state index in [9.17, 15) is 28.3 Å². The summed E-state index contributed by atoms with van der Waals surface area (Å²) in [6.07, 6.45) is 0.678. The van der Waals surface area contributed by atoms with E-state index >= 15 is 0 Å². The molecule has 4 amide bonds. The Bertz CT molecular complexity index is 1720. The van der Waals surface area contributed by atoms with Crippen LogP contribution in [0.5, 0.6) is 5.75 Å². The molecule has 2 aliphatic heterocycles. The van der Waals surface area contributed by atoms with Gasteiger partial charge in [0.25, 0.3) is 11.8 Å². The molecule has 0 unspecified atom stereocenters. The van der Waals surface area contributed by atoms with Gasteiger partial charge in [-0.15, -0.1) is 0 Å². The second-order valence-electron chi connectivity index (χ2n) is 12.8. The zero-order valence-corrected chi connectivity index (χ0v) is 26.4. The molecular weight excluding hydrogens is 624 g/mol. The van der Waals surface area contributed by atoms with Crippen molar-refractivity contribution in [2.24, 2.45) is 18.9 Å². The van der Waals surface area contributed by atoms with Crippen molar-refractivity contribution in [1.29, 1.82) is 0 Å². The molecule has 0 bridgehead atoms. The number of nitrogens with zero attached hydrogens (tertiary/aromatic N) is 4. The third-order valence-corrected chi connectivity index (χ3v) is 9.44. The molecule has 0 spiro atoms. The van der Waals surface area contributed by atoms with Gasteiger partial charge in [-0.1, -0.05) is 11.6 Å². The summed E-state index contributed by atoms with van der Waals surface area (Å²) in [6.45, 7) is 2.27. The summed E-state index contributed by atoms with van der Waals surface area (Å²) in [5, 5.41) is 19.0. The maximum absolute atomic E-state index is 14.6. The number of aliphatic hydroxyl groups excluding tert-OH is 1. The second-order valence-corrected chi connectivity index (χ2v) is 13.2. The Balaban J connectivity index is 1.03. The minimum Gasteiger partial charge on any atom is -0.494 e. The number of imidazole rings is 1. The number of amides is 4. The molecule has 6 rings (SSSR count). The van der Waals surface area contributed by atoms with Gasteiger partial charge in [0.05, 0.1) is 43.7 Å². The fourth-order valence-electron chi connectivity index (χ4n) is 6.61. The van der Waals surface area contributed by atoms with Crippen LogP contribution in [0, 0.1) is 23.5 Å². The zero-order chi connectivity index (χ0) is 33.1. The van der Waals surface area contributed by atoms with Crippen molar-refractivity contribution in [3.05, 3.63) is 64.6 Å². The van der Waals surface area contributed by atoms with Crippen molar-refractivity contribution in [3.8, 4) is 17.0 Å². The second kappa shape index (κ2) is 11.8. The summed E-state index contributed by atoms with van der Waals surface area (Å²) in [7, 11) is 6.76. The van der Waals surface area contributed by atoms with Crippen LogP contribution in [-0.2, 0) is 7.05 Å². The number of benzene rings is 2. The maximum Gasteiger partial charge on any atom is 0.317 e. The molecule has 2 saturated heterocycles. The number of piperidine rings is 1. The number of quaternary nitrogens is 1. The quantitative estimate of drug-likeness (QED) is 0.288. The SMILES string of the molecule is COc1ccc(-c2cnc(C(=O)Nc3ccc(C(=O)N[C@H]4[C@@H]5CN(C(=O)N[C@@H]6C[N+](C)(C)C[C@H]6O)C[C@@H]54)c(Cl)c3)n2C)c(F)c1F. The molecule has 3 aromatic rings. The number of hydrogen-bond acceptors (Lipinski definition) is 6. The smallest absolute Gasteiger partial charge is 0.317 e. The number of likely N-dealkylation sites (N-methyl/N-ethyl adjacent to an activating group) is 1. The third kappa shape index (κ3) is 5.87. The highest BCUT2D eigenvalue weighted by Crippen LogP contribution is 2.45. The third-order valence-electron chi connectivity index (χ3n) is 9.13. The van der Waals surface area contributed by atoms with Crippen LogP contribution in [-0.4, -0.2) is 107 Å². The predicted molar refractivity (Wildman–Crippen MR) is 164 cm³/mol. The fraction of sp³-hybridized carbons (Fsp3) is 0.419. The number of anilines is 1. The molecule has 1 aliphatic carbocycles. The number of rotatable bonds is 7. The summed E-state index contributed by atoms with van der Waals surface area (Å²) in [5.41, 5.74) is 0.622. The van der Waals surface area contributed by atoms with Crippen molar-refractivity contribution in [2.75, 3.05) is 52.7 Å². The first kappa shape index (κ1) is 31.7. The Morgan fingerprint density at radius 3 is 2.39 bits per heavy atom. The number of halogens is 3. The van der Waals surface area contributed by atoms with E-state index in [-0.39, 0.29) is 69.3 Å². The lowest BCUT2D eigenvalue weighted by Gasteiger charge is -2.25. The van der Waals surface area contributed by atoms with Gasteiger partial charge in [0, 0.05) is 49.3 Å². The van der Waals surface area contributed by atoms with Crippen molar-refractivity contribution in [2.45, 2.75) is 18.2 Å². The van der Waals surface area contributed by atoms with E-state index in [2.05, 4.69) is 20.9 Å². The molecule has 15 heteroatoms. The van der Waals surface area contributed by atoms with E-state index in [4.69, 9.17) is 16.3 Å². The summed E-state index contributed by atoms with van der Waals surface area (Å²) in [6, 6.07) is 6.51. The topological polar surface area (TPSA) is 138 Å². The molecule has 244 valence electrons. The number of fused-ring (bicyclic) bond motifs is 1. The van der Waals surface area contributed by atoms with Gasteiger partial charge in [-0.05, 0) is 30.3 Å². The molecule has 5 atom stereocenters. The molecule has 3 fully saturated rings. The van der Waals surface area contributed by atoms with Crippen LogP contribution in [0.15, 0.2) is 36.5 Å². The first-order valence-corrected chi connectivity index (χ1v) is 15.2. The minimum atomic E-state index is -1.15. The number of carbonyl (C=O) groups is 3. The van der Waals surface area contributed by atoms with Crippen LogP contribution in [0.25, 0.3) is 11.3 Å². The van der Waals surface area contributed by atoms with Gasteiger partial charge in [0.2, 0.25) is 5.82 Å². The minimum absolute atomic E-state index is 0.0611. The average Bonchev–Trinajstić information content (AvgIpc) is 3.30. The van der Waals surface area contributed by atoms with E-state index in [1.807, 2.05) is 14.1 Å². The summed E-state index contributed by atoms with van der Waals surface area (Å²) < 4.78 is 35.7. The van der Waals surface area contributed by atoms with Crippen molar-refractivity contribution >= 4 is 35.1 Å². The Morgan fingerprint density at radius 2 is 1.76 bits per heavy atom. The molecule has 0 radical (unpaired) electrons. The Hall–Kier alpha value is -4.27. The molecule has 12 nitrogen and oxygen atoms in total. The molecule has 3 heterocycles. The first-order chi connectivity index (χ1) is 21.8. The van der Waals surface area contributed by atoms with Crippen molar-refractivity contribution < 1.29 is 37.5 Å². The van der Waals surface area contributed by atoms with E-state index < -0.39 is 23.6 Å². The van der Waals surface area contributed by atoms with Crippen LogP contribution < -0.4 is 20.7 Å². The number of aromatic nitrogens is 2. The van der Waals surface area contributed by atoms with Crippen LogP contribution in [0.3, 0.4) is 0 Å². The molecular formula is C31H35ClF2N7O5+. The number of ether oxygens (including phenoxy) is 1. The van der Waals surface area contributed by atoms with Gasteiger partial charge < -0.3 is 39.7 Å². The van der Waals surface area contributed by atoms with E-state index in [0.29, 0.717) is 36.3 Å². The number of urea groups is 1. The van der Waals surface area contributed by atoms with Crippen molar-refractivity contribution in [3.63, 3.8) is 0 Å². The Kier molecular flexibility index (Phi) is 8.15. The Labute approximate surface area is 268 Å². The number of nitrogens with one attached hydrogen (secondary N) is 3. The standard InChI is InChI=1S/C31H34ClF2N7O5/c1-39-22(17-7-8-24(46-4)26(34)25(17)33)10-35-28(39)30(44)36-15-5-6-16(20(32)9-15)29(43)38-27-18-11-40(12-19(18)27)31(45)37-21-13-41(2,3)14-23(21)42/h5-10,18-19,21,23,27,42H,11-14H2,1-4H3,(H2-,36,37,38,43,44,45)/p+1/t18-,19+,21-,23-,27+/m1/s1. The molecule has 1 aromatic heterocycles. The highest BCUT2D eigenvalue weighted by molar-refractivity contribution is 6.34. The van der Waals surface area contributed by atoms with Gasteiger partial charge >= 0.3 is 6.03 Å². The molecule has 2 aromatic carbocycles. The summed E-state index contributed by atoms with van der Waals surface area (Å²) in [5.74, 6) is -3.30. The number of likely N-dealkylation sites (tertiary alicyclic amines) is 2. The van der Waals surface area contributed by atoms with Crippen LogP contribution in [0.1, 0.15) is 21.0 Å². The van der Waals surface area contributed by atoms with Crippen LogP contribution in [0.2, 0.25) is 5.02 Å². The largest absolute Gasteiger partial charge is 0.494 e. The van der Waals surface area contributed by atoms with E-state index in [0.717, 1.165) is 0 Å². The highest BCUT2D eigenvalue weighted by Gasteiger charge is 2.58. The fourth-order valence-corrected chi connectivity index (χ4v) is 6.88. The summed E-state index contributed by atoms with van der Waals surface area (Å²) in [4.78, 5) is 44.6.